The zero-order chi connectivity index (χ0) is 24.4. The molecule has 7 atom stereocenters. The van der Waals surface area contributed by atoms with Crippen molar-refractivity contribution in [3.05, 3.63) is 47.8 Å². The van der Waals surface area contributed by atoms with Gasteiger partial charge in [-0.15, -0.1) is 0 Å². The molecule has 2 N–H and O–H groups in total. The highest BCUT2D eigenvalue weighted by atomic mass is 16.3. The largest absolute Gasteiger partial charge is 0.396 e. The summed E-state index contributed by atoms with van der Waals surface area (Å²) in [5.41, 5.74) is 5.80. The average molecular weight is 476 g/mol. The predicted molar refractivity (Wildman–Crippen MR) is 145 cm³/mol. The van der Waals surface area contributed by atoms with Gasteiger partial charge in [0.05, 0.1) is 0 Å². The van der Waals surface area contributed by atoms with Crippen LogP contribution >= 0.6 is 0 Å². The van der Waals surface area contributed by atoms with E-state index in [1.54, 1.807) is 0 Å². The van der Waals surface area contributed by atoms with Crippen LogP contribution in [0.3, 0.4) is 0 Å². The third-order valence-corrected chi connectivity index (χ3v) is 12.1. The average Bonchev–Trinajstić information content (AvgIpc) is 3.20. The number of hydrogen-bond acceptors (Lipinski definition) is 1. The molecule has 0 unspecified atom stereocenters. The Hall–Kier alpha value is -1.28. The van der Waals surface area contributed by atoms with E-state index in [9.17, 15) is 5.11 Å². The molecule has 35 heavy (non-hydrogen) atoms. The van der Waals surface area contributed by atoms with Crippen molar-refractivity contribution < 1.29 is 5.11 Å². The number of aromatic nitrogens is 1. The fraction of sp³-hybridized carbons (Fsp3) is 0.758. The molecule has 5 aliphatic carbocycles. The summed E-state index contributed by atoms with van der Waals surface area (Å²) in [6.45, 7) is 12.8. The van der Waals surface area contributed by atoms with Crippen molar-refractivity contribution in [3.8, 4) is 0 Å². The Balaban J connectivity index is 1.27. The summed E-state index contributed by atoms with van der Waals surface area (Å²) in [7, 11) is 0. The summed E-state index contributed by atoms with van der Waals surface area (Å²) in [5.74, 6) is 4.45. The second-order valence-corrected chi connectivity index (χ2v) is 14.3. The van der Waals surface area contributed by atoms with E-state index in [-0.39, 0.29) is 0 Å². The first-order valence-electron chi connectivity index (χ1n) is 14.9. The fourth-order valence-corrected chi connectivity index (χ4v) is 10.8. The zero-order valence-electron chi connectivity index (χ0n) is 22.6. The summed E-state index contributed by atoms with van der Waals surface area (Å²) in [4.78, 5) is 3.19. The second kappa shape index (κ2) is 8.64. The molecule has 4 saturated carbocycles. The van der Waals surface area contributed by atoms with Crippen LogP contribution in [0.4, 0.5) is 0 Å². The summed E-state index contributed by atoms with van der Waals surface area (Å²) in [5, 5.41) is 10.2. The van der Waals surface area contributed by atoms with E-state index in [1.807, 2.05) is 11.8 Å². The van der Waals surface area contributed by atoms with Crippen LogP contribution in [0, 0.1) is 51.8 Å². The van der Waals surface area contributed by atoms with Gasteiger partial charge in [-0.25, -0.2) is 0 Å². The van der Waals surface area contributed by atoms with Gasteiger partial charge in [-0.05, 0) is 108 Å². The normalized spacial score (nSPS) is 41.4. The van der Waals surface area contributed by atoms with E-state index in [1.165, 1.54) is 81.8 Å². The Bertz CT molecular complexity index is 965. The number of allylic oxidation sites excluding steroid dienone is 3. The Morgan fingerprint density at radius 1 is 1.09 bits per heavy atom. The molecule has 0 saturated heterocycles. The molecule has 1 spiro atoms. The molecule has 0 radical (unpaired) electrons. The molecule has 6 rings (SSSR count). The van der Waals surface area contributed by atoms with E-state index >= 15 is 0 Å². The van der Waals surface area contributed by atoms with Crippen LogP contribution in [0.15, 0.2) is 42.3 Å². The van der Waals surface area contributed by atoms with E-state index in [2.05, 4.69) is 50.7 Å². The first-order chi connectivity index (χ1) is 16.8. The summed E-state index contributed by atoms with van der Waals surface area (Å²) >= 11 is 0. The van der Waals surface area contributed by atoms with Crippen molar-refractivity contribution in [2.45, 2.75) is 97.8 Å². The zero-order valence-corrected chi connectivity index (χ0v) is 22.6. The number of aliphatic hydroxyl groups excluding tert-OH is 1. The lowest BCUT2D eigenvalue weighted by Crippen LogP contribution is -2.49. The van der Waals surface area contributed by atoms with Gasteiger partial charge < -0.3 is 10.1 Å². The number of hydrogen-bond donors (Lipinski definition) is 2. The lowest BCUT2D eigenvalue weighted by atomic mass is 9.47. The Morgan fingerprint density at radius 3 is 2.57 bits per heavy atom. The van der Waals surface area contributed by atoms with E-state index in [4.69, 9.17) is 0 Å². The van der Waals surface area contributed by atoms with Gasteiger partial charge in [0, 0.05) is 19.0 Å². The molecule has 5 aliphatic rings. The fourth-order valence-electron chi connectivity index (χ4n) is 10.8. The van der Waals surface area contributed by atoms with Gasteiger partial charge in [0.15, 0.2) is 0 Å². The van der Waals surface area contributed by atoms with Crippen LogP contribution in [0.25, 0.3) is 0 Å². The number of H-pyrrole nitrogens is 1. The van der Waals surface area contributed by atoms with Crippen molar-refractivity contribution >= 4 is 0 Å². The van der Waals surface area contributed by atoms with Gasteiger partial charge in [-0.3, -0.25) is 0 Å². The molecule has 0 amide bonds. The van der Waals surface area contributed by atoms with E-state index < -0.39 is 0 Å². The smallest absolute Gasteiger partial charge is 0.0462 e. The van der Waals surface area contributed by atoms with Crippen LogP contribution in [-0.2, 0) is 6.42 Å². The lowest BCUT2D eigenvalue weighted by Gasteiger charge is -2.57. The standard InChI is InChI=1S/C33H49NO/c1-22-16-28-32(4,30-29(22)31(30,2)3)27(26-8-6-5-7-9-26)11-14-33(28)13-10-23(19-33)17-25(21-35)18-24-12-15-34-20-24/h12,15-16,20,23,25-27,29-30,34-35H,1,5-11,13-14,17-19,21H2,2-4H3/t23-,25+,27-,29-,30+,32-,33+/m1/s1. The van der Waals surface area contributed by atoms with Crippen LogP contribution in [0.5, 0.6) is 0 Å². The summed E-state index contributed by atoms with van der Waals surface area (Å²) in [6.07, 6.45) is 23.2. The van der Waals surface area contributed by atoms with Gasteiger partial charge in [0.25, 0.3) is 0 Å². The van der Waals surface area contributed by atoms with Crippen LogP contribution in [0.2, 0.25) is 0 Å². The molecule has 1 aromatic heterocycles. The molecule has 2 nitrogen and oxygen atoms in total. The number of nitrogens with one attached hydrogen (secondary N) is 1. The van der Waals surface area contributed by atoms with Gasteiger partial charge in [-0.1, -0.05) is 76.7 Å². The highest BCUT2D eigenvalue weighted by Crippen LogP contribution is 2.79. The molecule has 1 aromatic rings. The van der Waals surface area contributed by atoms with Crippen molar-refractivity contribution in [2.24, 2.45) is 51.8 Å². The first kappa shape index (κ1) is 24.1. The lowest BCUT2D eigenvalue weighted by molar-refractivity contribution is 0.0121. The monoisotopic (exact) mass is 475 g/mol. The topological polar surface area (TPSA) is 36.0 Å². The van der Waals surface area contributed by atoms with Crippen molar-refractivity contribution in [2.75, 3.05) is 6.61 Å². The highest BCUT2D eigenvalue weighted by molar-refractivity contribution is 5.48. The van der Waals surface area contributed by atoms with Gasteiger partial charge >= 0.3 is 0 Å². The minimum atomic E-state index is 0.313. The van der Waals surface area contributed by atoms with Crippen molar-refractivity contribution in [1.82, 2.24) is 4.98 Å². The highest BCUT2D eigenvalue weighted by Gasteiger charge is 2.72. The number of aliphatic hydroxyl groups is 1. The summed E-state index contributed by atoms with van der Waals surface area (Å²) in [6, 6.07) is 2.17. The van der Waals surface area contributed by atoms with Gasteiger partial charge in [-0.2, -0.15) is 0 Å². The quantitative estimate of drug-likeness (QED) is 0.428. The van der Waals surface area contributed by atoms with Crippen LogP contribution < -0.4 is 0 Å². The number of fused-ring (bicyclic) bond motifs is 4. The Kier molecular flexibility index (Phi) is 5.95. The van der Waals surface area contributed by atoms with Crippen molar-refractivity contribution in [3.63, 3.8) is 0 Å². The summed E-state index contributed by atoms with van der Waals surface area (Å²) < 4.78 is 0. The van der Waals surface area contributed by atoms with E-state index in [0.717, 1.165) is 30.1 Å². The van der Waals surface area contributed by atoms with Gasteiger partial charge in [0.1, 0.15) is 0 Å². The SMILES string of the molecule is C=C1C=C2[C@@]3(CC[C@H](C[C@H](CO)Cc4cc[nH]c4)C3)CC[C@H](C3CCCCC3)[C@@]2(C)[C@H]2[C@@H]1C2(C)C. The predicted octanol–water partition coefficient (Wildman–Crippen LogP) is 8.11. The molecule has 4 fully saturated rings. The molecule has 1 heterocycles. The maximum Gasteiger partial charge on any atom is 0.0462 e. The number of aromatic amines is 1. The molecule has 0 aliphatic heterocycles. The Morgan fingerprint density at radius 2 is 1.86 bits per heavy atom. The molecule has 192 valence electrons. The first-order valence-corrected chi connectivity index (χ1v) is 14.9. The van der Waals surface area contributed by atoms with Crippen LogP contribution in [-0.4, -0.2) is 16.7 Å². The number of rotatable bonds is 6. The molecule has 0 aromatic carbocycles. The molecular formula is C33H49NO. The molecule has 0 bridgehead atoms. The van der Waals surface area contributed by atoms with Gasteiger partial charge in [0.2, 0.25) is 0 Å². The van der Waals surface area contributed by atoms with Crippen molar-refractivity contribution in [1.29, 1.82) is 0 Å². The second-order valence-electron chi connectivity index (χ2n) is 14.3. The molecule has 2 heteroatoms. The third kappa shape index (κ3) is 3.75. The third-order valence-electron chi connectivity index (χ3n) is 12.1. The molecular weight excluding hydrogens is 426 g/mol. The Labute approximate surface area is 214 Å². The van der Waals surface area contributed by atoms with E-state index in [0.29, 0.717) is 34.7 Å². The minimum Gasteiger partial charge on any atom is -0.396 e. The maximum absolute atomic E-state index is 10.2. The minimum absolute atomic E-state index is 0.313. The maximum atomic E-state index is 10.2. The van der Waals surface area contributed by atoms with Crippen LogP contribution in [0.1, 0.15) is 97.0 Å².